The summed E-state index contributed by atoms with van der Waals surface area (Å²) < 4.78 is 14.2. The lowest BCUT2D eigenvalue weighted by Crippen LogP contribution is -2.99. The van der Waals surface area contributed by atoms with Crippen LogP contribution in [0.2, 0.25) is 0 Å². The number of halogens is 1. The first-order chi connectivity index (χ1) is 14.9. The van der Waals surface area contributed by atoms with E-state index in [0.29, 0.717) is 24.1 Å². The topological polar surface area (TPSA) is 83.1 Å². The number of nitrogens with zero attached hydrogens (tertiary/aromatic N) is 1. The van der Waals surface area contributed by atoms with Crippen LogP contribution in [0.1, 0.15) is 31.4 Å². The number of benzene rings is 2. The monoisotopic (exact) mass is 422 g/mol. The zero-order valence-electron chi connectivity index (χ0n) is 17.5. The standard InChI is InChI=1S/C24H24FN3O3/c1-3-13(2)28-21(29)19-18(11-14-7-5-4-6-8-14)27-24(20(19)22(28)30)16-12-15(25)9-10-17(16)26-23(24)31/h4-10,12-13,18-20,27H,3,11H2,1-2H3,(H,26,31)/p+1/t13-,18-,19+,20-,24+/m0/s1. The van der Waals surface area contributed by atoms with E-state index in [0.717, 1.165) is 5.56 Å². The van der Waals surface area contributed by atoms with Gasteiger partial charge in [0.1, 0.15) is 23.7 Å². The lowest BCUT2D eigenvalue weighted by Gasteiger charge is -2.28. The number of hydrogen-bond acceptors (Lipinski definition) is 3. The maximum Gasteiger partial charge on any atom is 0.291 e. The van der Waals surface area contributed by atoms with E-state index in [-0.39, 0.29) is 29.8 Å². The maximum absolute atomic E-state index is 14.2. The summed E-state index contributed by atoms with van der Waals surface area (Å²) >= 11 is 0. The maximum atomic E-state index is 14.2. The normalized spacial score (nSPS) is 30.0. The molecule has 0 unspecified atom stereocenters. The third-order valence-corrected chi connectivity index (χ3v) is 7.21. The minimum absolute atomic E-state index is 0.226. The summed E-state index contributed by atoms with van der Waals surface area (Å²) in [6, 6.07) is 13.3. The summed E-state index contributed by atoms with van der Waals surface area (Å²) in [5.41, 5.74) is 0.648. The number of quaternary nitrogens is 1. The fraction of sp³-hybridized carbons (Fsp3) is 0.375. The second kappa shape index (κ2) is 6.99. The predicted octanol–water partition coefficient (Wildman–Crippen LogP) is 1.56. The highest BCUT2D eigenvalue weighted by atomic mass is 19.1. The molecule has 0 aliphatic carbocycles. The van der Waals surface area contributed by atoms with E-state index in [1.165, 1.54) is 23.1 Å². The largest absolute Gasteiger partial charge is 0.326 e. The van der Waals surface area contributed by atoms with E-state index in [1.54, 1.807) is 0 Å². The van der Waals surface area contributed by atoms with E-state index < -0.39 is 23.2 Å². The van der Waals surface area contributed by atoms with Crippen LogP contribution >= 0.6 is 0 Å². The molecule has 2 aromatic rings. The quantitative estimate of drug-likeness (QED) is 0.734. The Kier molecular flexibility index (Phi) is 4.48. The second-order valence-electron chi connectivity index (χ2n) is 8.84. The highest BCUT2D eigenvalue weighted by Crippen LogP contribution is 2.50. The van der Waals surface area contributed by atoms with Gasteiger partial charge in [0.15, 0.2) is 0 Å². The SMILES string of the molecule is CC[C@H](C)N1C(=O)[C@@H]2[C@H](Cc3ccccc3)[NH2+][C@@]3(C(=O)Nc4ccc(F)cc43)[C@@H]2C1=O. The van der Waals surface area contributed by atoms with Crippen LogP contribution in [-0.2, 0) is 26.3 Å². The summed E-state index contributed by atoms with van der Waals surface area (Å²) in [6.07, 6.45) is 1.17. The molecular weight excluding hydrogens is 397 g/mol. The van der Waals surface area contributed by atoms with Crippen LogP contribution in [0.25, 0.3) is 0 Å². The van der Waals surface area contributed by atoms with Gasteiger partial charge in [-0.3, -0.25) is 19.3 Å². The number of nitrogens with two attached hydrogens (primary N) is 1. The van der Waals surface area contributed by atoms with Crippen molar-refractivity contribution in [3.8, 4) is 0 Å². The van der Waals surface area contributed by atoms with E-state index in [2.05, 4.69) is 5.32 Å². The van der Waals surface area contributed by atoms with Crippen LogP contribution in [0.15, 0.2) is 48.5 Å². The van der Waals surface area contributed by atoms with Gasteiger partial charge in [0, 0.05) is 18.0 Å². The van der Waals surface area contributed by atoms with Gasteiger partial charge in [0.25, 0.3) is 5.91 Å². The Morgan fingerprint density at radius 3 is 2.58 bits per heavy atom. The highest BCUT2D eigenvalue weighted by Gasteiger charge is 2.74. The van der Waals surface area contributed by atoms with Crippen LogP contribution in [0, 0.1) is 17.7 Å². The third kappa shape index (κ3) is 2.69. The number of carbonyl (C=O) groups excluding carboxylic acids is 3. The smallest absolute Gasteiger partial charge is 0.291 e. The Balaban J connectivity index is 1.66. The molecule has 7 heteroatoms. The molecule has 160 valence electrons. The fourth-order valence-corrected chi connectivity index (χ4v) is 5.65. The summed E-state index contributed by atoms with van der Waals surface area (Å²) in [4.78, 5) is 41.8. The van der Waals surface area contributed by atoms with Crippen LogP contribution in [0.5, 0.6) is 0 Å². The van der Waals surface area contributed by atoms with Gasteiger partial charge in [-0.05, 0) is 37.1 Å². The van der Waals surface area contributed by atoms with Gasteiger partial charge in [0.2, 0.25) is 17.4 Å². The van der Waals surface area contributed by atoms with Crippen LogP contribution in [0.4, 0.5) is 10.1 Å². The first-order valence-corrected chi connectivity index (χ1v) is 10.8. The molecule has 2 fully saturated rings. The molecule has 2 aromatic carbocycles. The third-order valence-electron chi connectivity index (χ3n) is 7.21. The van der Waals surface area contributed by atoms with Crippen molar-refractivity contribution in [2.24, 2.45) is 11.8 Å². The first kappa shape index (κ1) is 19.9. The second-order valence-corrected chi connectivity index (χ2v) is 8.84. The van der Waals surface area contributed by atoms with Crippen LogP contribution in [0.3, 0.4) is 0 Å². The molecule has 3 amide bonds. The number of imide groups is 1. The molecule has 6 nitrogen and oxygen atoms in total. The van der Waals surface area contributed by atoms with Gasteiger partial charge in [0.05, 0.1) is 5.69 Å². The van der Waals surface area contributed by atoms with Crippen molar-refractivity contribution in [1.82, 2.24) is 4.90 Å². The lowest BCUT2D eigenvalue weighted by molar-refractivity contribution is -0.733. The van der Waals surface area contributed by atoms with Crippen molar-refractivity contribution in [3.63, 3.8) is 0 Å². The highest BCUT2D eigenvalue weighted by molar-refractivity contribution is 6.14. The molecule has 5 rings (SSSR count). The molecule has 0 saturated carbocycles. The van der Waals surface area contributed by atoms with Gasteiger partial charge >= 0.3 is 0 Å². The van der Waals surface area contributed by atoms with Gasteiger partial charge in [-0.1, -0.05) is 37.3 Å². The Morgan fingerprint density at radius 1 is 1.13 bits per heavy atom. The summed E-state index contributed by atoms with van der Waals surface area (Å²) in [5, 5.41) is 4.68. The van der Waals surface area contributed by atoms with Crippen molar-refractivity contribution in [2.75, 3.05) is 5.32 Å². The number of amides is 3. The average molecular weight is 422 g/mol. The number of carbonyl (C=O) groups is 3. The number of hydrogen-bond donors (Lipinski definition) is 2. The van der Waals surface area contributed by atoms with Crippen molar-refractivity contribution in [1.29, 1.82) is 0 Å². The molecule has 3 aliphatic heterocycles. The van der Waals surface area contributed by atoms with Crippen LogP contribution < -0.4 is 10.6 Å². The Bertz CT molecular complexity index is 1090. The van der Waals surface area contributed by atoms with Crippen molar-refractivity contribution in [2.45, 2.75) is 44.3 Å². The molecule has 0 aromatic heterocycles. The van der Waals surface area contributed by atoms with E-state index in [4.69, 9.17) is 0 Å². The van der Waals surface area contributed by atoms with Gasteiger partial charge in [-0.15, -0.1) is 0 Å². The van der Waals surface area contributed by atoms with Crippen molar-refractivity contribution in [3.05, 3.63) is 65.5 Å². The summed E-state index contributed by atoms with van der Waals surface area (Å²) in [5.74, 6) is -2.88. The van der Waals surface area contributed by atoms with Gasteiger partial charge in [-0.2, -0.15) is 0 Å². The zero-order chi connectivity index (χ0) is 21.9. The van der Waals surface area contributed by atoms with Crippen molar-refractivity contribution < 1.29 is 24.1 Å². The fourth-order valence-electron chi connectivity index (χ4n) is 5.65. The molecule has 1 spiro atoms. The molecule has 0 radical (unpaired) electrons. The molecule has 0 bridgehead atoms. The molecule has 3 aliphatic rings. The van der Waals surface area contributed by atoms with Gasteiger partial charge in [-0.25, -0.2) is 4.39 Å². The van der Waals surface area contributed by atoms with E-state index >= 15 is 0 Å². The van der Waals surface area contributed by atoms with Gasteiger partial charge < -0.3 is 10.6 Å². The molecule has 2 saturated heterocycles. The minimum atomic E-state index is -1.34. The molecule has 31 heavy (non-hydrogen) atoms. The molecule has 3 N–H and O–H groups in total. The number of nitrogens with one attached hydrogen (secondary N) is 1. The molecular formula is C24H25FN3O3+. The minimum Gasteiger partial charge on any atom is -0.326 e. The number of fused-ring (bicyclic) bond motifs is 4. The van der Waals surface area contributed by atoms with Crippen LogP contribution in [-0.4, -0.2) is 34.7 Å². The number of rotatable bonds is 4. The Labute approximate surface area is 179 Å². The Hall–Kier alpha value is -3.06. The lowest BCUT2D eigenvalue weighted by atomic mass is 9.76. The van der Waals surface area contributed by atoms with Crippen molar-refractivity contribution >= 4 is 23.4 Å². The van der Waals surface area contributed by atoms with E-state index in [9.17, 15) is 18.8 Å². The predicted molar refractivity (Wildman–Crippen MR) is 111 cm³/mol. The Morgan fingerprint density at radius 2 is 1.87 bits per heavy atom. The first-order valence-electron chi connectivity index (χ1n) is 10.8. The molecule has 3 heterocycles. The summed E-state index contributed by atoms with van der Waals surface area (Å²) in [7, 11) is 0. The molecule has 5 atom stereocenters. The van der Waals surface area contributed by atoms with E-state index in [1.807, 2.05) is 49.5 Å². The summed E-state index contributed by atoms with van der Waals surface area (Å²) in [6.45, 7) is 3.78. The number of likely N-dealkylation sites (tertiary alicyclic amines) is 1. The zero-order valence-corrected chi connectivity index (χ0v) is 17.5. The number of anilines is 1. The average Bonchev–Trinajstić information content (AvgIpc) is 3.33.